The van der Waals surface area contributed by atoms with Crippen LogP contribution in [0, 0.1) is 10.1 Å². The topological polar surface area (TPSA) is 77.2 Å². The number of anilines is 1. The van der Waals surface area contributed by atoms with Gasteiger partial charge in [-0.25, -0.2) is 0 Å². The summed E-state index contributed by atoms with van der Waals surface area (Å²) in [6, 6.07) is 22.7. The number of nitrogens with one attached hydrogen (secondary N) is 1. The monoisotopic (exact) mass is 397 g/mol. The Balaban J connectivity index is 1.69. The predicted octanol–water partition coefficient (Wildman–Crippen LogP) is 5.07. The van der Waals surface area contributed by atoms with Crippen molar-refractivity contribution in [3.63, 3.8) is 0 Å². The Morgan fingerprint density at radius 1 is 1.03 bits per heavy atom. The van der Waals surface area contributed by atoms with Crippen molar-refractivity contribution in [2.75, 3.05) is 5.32 Å². The van der Waals surface area contributed by atoms with Gasteiger partial charge in [-0.1, -0.05) is 48.5 Å². The molecule has 3 aromatic carbocycles. The van der Waals surface area contributed by atoms with Crippen molar-refractivity contribution in [2.24, 2.45) is 0 Å². The van der Waals surface area contributed by atoms with Crippen LogP contribution in [0.3, 0.4) is 0 Å². The molecule has 6 heteroatoms. The molecule has 0 saturated carbocycles. The molecular formula is C24H19N3O3. The van der Waals surface area contributed by atoms with Crippen LogP contribution in [0.25, 0.3) is 10.9 Å². The number of carbonyl (C=O) groups is 1. The molecule has 0 bridgehead atoms. The Morgan fingerprint density at radius 3 is 2.63 bits per heavy atom. The highest BCUT2D eigenvalue weighted by atomic mass is 16.6. The molecule has 0 aliphatic carbocycles. The minimum atomic E-state index is -0.398. The van der Waals surface area contributed by atoms with Gasteiger partial charge in [0.25, 0.3) is 5.69 Å². The lowest BCUT2D eigenvalue weighted by molar-refractivity contribution is -0.384. The van der Waals surface area contributed by atoms with E-state index in [1.165, 1.54) is 11.6 Å². The molecule has 2 heterocycles. The third kappa shape index (κ3) is 3.12. The maximum atomic E-state index is 12.6. The molecule has 1 aliphatic rings. The second-order valence-electron chi connectivity index (χ2n) is 7.55. The summed E-state index contributed by atoms with van der Waals surface area (Å²) >= 11 is 0. The summed E-state index contributed by atoms with van der Waals surface area (Å²) in [6.07, 6.45) is 2.32. The molecule has 0 unspecified atom stereocenters. The van der Waals surface area contributed by atoms with Crippen molar-refractivity contribution in [3.8, 4) is 0 Å². The number of aromatic nitrogens is 1. The Kier molecular flexibility index (Phi) is 4.32. The third-order valence-electron chi connectivity index (χ3n) is 5.65. The van der Waals surface area contributed by atoms with E-state index in [9.17, 15) is 14.9 Å². The van der Waals surface area contributed by atoms with Gasteiger partial charge in [0.15, 0.2) is 0 Å². The minimum Gasteiger partial charge on any atom is -0.343 e. The van der Waals surface area contributed by atoms with Crippen molar-refractivity contribution >= 4 is 28.2 Å². The minimum absolute atomic E-state index is 0.0328. The van der Waals surface area contributed by atoms with E-state index in [4.69, 9.17) is 0 Å². The predicted molar refractivity (Wildman–Crippen MR) is 116 cm³/mol. The van der Waals surface area contributed by atoms with Gasteiger partial charge in [0.2, 0.25) is 5.91 Å². The molecule has 4 aromatic rings. The zero-order chi connectivity index (χ0) is 20.7. The summed E-state index contributed by atoms with van der Waals surface area (Å²) in [5.41, 5.74) is 4.81. The molecule has 0 fully saturated rings. The Hall–Kier alpha value is -3.93. The highest BCUT2D eigenvalue weighted by Crippen LogP contribution is 2.41. The van der Waals surface area contributed by atoms with Crippen LogP contribution in [0.1, 0.15) is 29.0 Å². The van der Waals surface area contributed by atoms with Crippen LogP contribution >= 0.6 is 0 Å². The Bertz CT molecular complexity index is 1280. The van der Waals surface area contributed by atoms with Gasteiger partial charge in [0.1, 0.15) is 0 Å². The first-order valence-electron chi connectivity index (χ1n) is 9.80. The van der Waals surface area contributed by atoms with Crippen LogP contribution in [0.15, 0.2) is 79.0 Å². The Labute approximate surface area is 172 Å². The molecule has 6 nitrogen and oxygen atoms in total. The lowest BCUT2D eigenvalue weighted by Gasteiger charge is -2.14. The summed E-state index contributed by atoms with van der Waals surface area (Å²) in [5, 5.41) is 15.3. The molecule has 1 atom stereocenters. The summed E-state index contributed by atoms with van der Waals surface area (Å²) in [6.45, 7) is 0.705. The molecule has 148 valence electrons. The molecule has 5 rings (SSSR count). The van der Waals surface area contributed by atoms with Crippen molar-refractivity contribution in [2.45, 2.75) is 18.9 Å². The first-order chi connectivity index (χ1) is 14.6. The van der Waals surface area contributed by atoms with Crippen molar-refractivity contribution in [3.05, 3.63) is 106 Å². The largest absolute Gasteiger partial charge is 0.343 e. The summed E-state index contributed by atoms with van der Waals surface area (Å²) < 4.78 is 2.19. The van der Waals surface area contributed by atoms with Crippen LogP contribution in [0.4, 0.5) is 11.4 Å². The van der Waals surface area contributed by atoms with Gasteiger partial charge >= 0.3 is 0 Å². The van der Waals surface area contributed by atoms with Gasteiger partial charge in [0.05, 0.1) is 16.1 Å². The van der Waals surface area contributed by atoms with E-state index >= 15 is 0 Å². The van der Waals surface area contributed by atoms with Crippen LogP contribution in [-0.4, -0.2) is 15.4 Å². The van der Waals surface area contributed by atoms with E-state index in [1.807, 2.05) is 42.5 Å². The highest BCUT2D eigenvalue weighted by Gasteiger charge is 2.28. The summed E-state index contributed by atoms with van der Waals surface area (Å²) in [5.74, 6) is -0.349. The molecule has 1 aromatic heterocycles. The fourth-order valence-electron chi connectivity index (χ4n) is 4.31. The maximum Gasteiger partial charge on any atom is 0.269 e. The smallest absolute Gasteiger partial charge is 0.269 e. The van der Waals surface area contributed by atoms with Gasteiger partial charge < -0.3 is 9.88 Å². The standard InChI is InChI=1S/C24H19N3O3/c28-23-13-19(17-8-4-9-18(12-17)27(29)30)20-15-26(14-16-6-2-1-3-7-16)22-11-5-10-21(25-23)24(20)22/h1-12,15,19H,13-14H2,(H,25,28)/t19-/m1/s1. The Morgan fingerprint density at radius 2 is 1.83 bits per heavy atom. The van der Waals surface area contributed by atoms with E-state index in [2.05, 4.69) is 28.2 Å². The number of hydrogen-bond acceptors (Lipinski definition) is 3. The first kappa shape index (κ1) is 18.1. The van der Waals surface area contributed by atoms with Gasteiger partial charge in [-0.05, 0) is 28.8 Å². The lowest BCUT2D eigenvalue weighted by atomic mass is 9.88. The van der Waals surface area contributed by atoms with Gasteiger partial charge in [-0.15, -0.1) is 0 Å². The molecule has 0 saturated heterocycles. The zero-order valence-corrected chi connectivity index (χ0v) is 16.1. The number of benzene rings is 3. The summed E-state index contributed by atoms with van der Waals surface area (Å²) in [7, 11) is 0. The number of nitrogens with zero attached hydrogens (tertiary/aromatic N) is 2. The second-order valence-corrected chi connectivity index (χ2v) is 7.55. The fraction of sp³-hybridized carbons (Fsp3) is 0.125. The normalized spacial score (nSPS) is 15.6. The van der Waals surface area contributed by atoms with Crippen molar-refractivity contribution in [1.82, 2.24) is 4.57 Å². The highest BCUT2D eigenvalue weighted by molar-refractivity contribution is 6.06. The van der Waals surface area contributed by atoms with Gasteiger partial charge in [0, 0.05) is 42.6 Å². The van der Waals surface area contributed by atoms with Crippen LogP contribution in [-0.2, 0) is 11.3 Å². The number of non-ortho nitro benzene ring substituents is 1. The number of rotatable bonds is 4. The van der Waals surface area contributed by atoms with Crippen LogP contribution in [0.2, 0.25) is 0 Å². The molecule has 1 N–H and O–H groups in total. The fourth-order valence-corrected chi connectivity index (χ4v) is 4.31. The maximum absolute atomic E-state index is 12.6. The lowest BCUT2D eigenvalue weighted by Crippen LogP contribution is -2.14. The number of carbonyl (C=O) groups excluding carboxylic acids is 1. The number of hydrogen-bond donors (Lipinski definition) is 1. The number of nitro benzene ring substituents is 1. The quantitative estimate of drug-likeness (QED) is 0.386. The van der Waals surface area contributed by atoms with Crippen molar-refractivity contribution in [1.29, 1.82) is 0 Å². The van der Waals surface area contributed by atoms with Gasteiger partial charge in [-0.2, -0.15) is 0 Å². The molecule has 0 spiro atoms. The SMILES string of the molecule is O=C1C[C@H](c2cccc([N+](=O)[O-])c2)c2cn(Cc3ccccc3)c3cccc(c23)N1. The van der Waals surface area contributed by atoms with E-state index < -0.39 is 4.92 Å². The van der Waals surface area contributed by atoms with Crippen LogP contribution in [0.5, 0.6) is 0 Å². The van der Waals surface area contributed by atoms with E-state index in [0.717, 1.165) is 27.7 Å². The van der Waals surface area contributed by atoms with E-state index in [1.54, 1.807) is 12.1 Å². The average molecular weight is 397 g/mol. The first-order valence-corrected chi connectivity index (χ1v) is 9.80. The van der Waals surface area contributed by atoms with Crippen LogP contribution < -0.4 is 5.32 Å². The average Bonchev–Trinajstić information content (AvgIpc) is 3.04. The molecule has 0 radical (unpaired) electrons. The molecule has 30 heavy (non-hydrogen) atoms. The molecular weight excluding hydrogens is 378 g/mol. The van der Waals surface area contributed by atoms with E-state index in [0.29, 0.717) is 6.54 Å². The zero-order valence-electron chi connectivity index (χ0n) is 16.1. The second kappa shape index (κ2) is 7.15. The van der Waals surface area contributed by atoms with Gasteiger partial charge in [-0.3, -0.25) is 14.9 Å². The molecule has 1 aliphatic heterocycles. The molecule has 1 amide bonds. The number of amides is 1. The third-order valence-corrected chi connectivity index (χ3v) is 5.65. The summed E-state index contributed by atoms with van der Waals surface area (Å²) in [4.78, 5) is 23.5. The van der Waals surface area contributed by atoms with Crippen molar-refractivity contribution < 1.29 is 9.72 Å². The number of nitro groups is 1. The van der Waals surface area contributed by atoms with E-state index in [-0.39, 0.29) is 23.9 Å².